The van der Waals surface area contributed by atoms with Crippen molar-refractivity contribution in [1.82, 2.24) is 5.01 Å². The summed E-state index contributed by atoms with van der Waals surface area (Å²) < 4.78 is 10.5. The number of nitrogens with zero attached hydrogens (tertiary/aromatic N) is 4. The van der Waals surface area contributed by atoms with Crippen molar-refractivity contribution in [1.29, 1.82) is 0 Å². The molecule has 4 rings (SSSR count). The van der Waals surface area contributed by atoms with Crippen LogP contribution in [-0.2, 0) is 14.4 Å². The van der Waals surface area contributed by atoms with Gasteiger partial charge < -0.3 is 14.8 Å². The topological polar surface area (TPSA) is 113 Å². The van der Waals surface area contributed by atoms with Gasteiger partial charge in [-0.2, -0.15) is 5.11 Å². The highest BCUT2D eigenvalue weighted by Crippen LogP contribution is 2.36. The number of benzene rings is 2. The summed E-state index contributed by atoms with van der Waals surface area (Å²) in [5.74, 6) is -0.527. The Hall–Kier alpha value is -3.60. The number of nitrogens with one attached hydrogen (secondary N) is 1. The third kappa shape index (κ3) is 3.86. The first-order chi connectivity index (χ1) is 15.5. The molecule has 0 spiro atoms. The molecule has 2 aromatic rings. The van der Waals surface area contributed by atoms with Crippen LogP contribution in [0.15, 0.2) is 57.7 Å². The minimum absolute atomic E-state index is 0.215. The van der Waals surface area contributed by atoms with Crippen molar-refractivity contribution in [3.8, 4) is 11.5 Å². The van der Waals surface area contributed by atoms with Crippen molar-refractivity contribution in [2.75, 3.05) is 37.2 Å². The van der Waals surface area contributed by atoms with Gasteiger partial charge in [-0.3, -0.25) is 19.4 Å². The van der Waals surface area contributed by atoms with Crippen LogP contribution in [0, 0.1) is 0 Å². The Labute approximate surface area is 188 Å². The fraction of sp³-hybridized carbons (Fsp3) is 0.286. The van der Waals surface area contributed by atoms with Gasteiger partial charge in [0.25, 0.3) is 11.8 Å². The minimum Gasteiger partial charge on any atom is -0.493 e. The molecule has 0 radical (unpaired) electrons. The van der Waals surface area contributed by atoms with Crippen LogP contribution in [0.4, 0.5) is 11.4 Å². The van der Waals surface area contributed by atoms with Gasteiger partial charge in [-0.05, 0) is 36.6 Å². The molecule has 0 bridgehead atoms. The van der Waals surface area contributed by atoms with Crippen LogP contribution >= 0.6 is 11.8 Å². The van der Waals surface area contributed by atoms with E-state index >= 15 is 0 Å². The number of anilines is 2. The summed E-state index contributed by atoms with van der Waals surface area (Å²) in [6, 6.07) is 10.2. The molecule has 1 fully saturated rings. The lowest BCUT2D eigenvalue weighted by atomic mass is 10.1. The molecular weight excluding hydrogens is 434 g/mol. The zero-order valence-electron chi connectivity index (χ0n) is 17.6. The summed E-state index contributed by atoms with van der Waals surface area (Å²) in [6.45, 7) is -0.215. The third-order valence-electron chi connectivity index (χ3n) is 5.14. The maximum atomic E-state index is 13.1. The molecule has 2 atom stereocenters. The van der Waals surface area contributed by atoms with E-state index in [0.717, 1.165) is 9.80 Å². The smallest absolute Gasteiger partial charge is 0.263 e. The van der Waals surface area contributed by atoms with Gasteiger partial charge in [-0.15, -0.1) is 11.8 Å². The normalized spacial score (nSPS) is 19.3. The maximum Gasteiger partial charge on any atom is 0.263 e. The van der Waals surface area contributed by atoms with Gasteiger partial charge in [0, 0.05) is 16.6 Å². The van der Waals surface area contributed by atoms with Crippen molar-refractivity contribution in [2.24, 2.45) is 10.3 Å². The molecule has 10 nitrogen and oxygen atoms in total. The first kappa shape index (κ1) is 21.6. The molecule has 11 heteroatoms. The van der Waals surface area contributed by atoms with Gasteiger partial charge in [0.1, 0.15) is 6.54 Å². The zero-order chi connectivity index (χ0) is 22.8. The zero-order valence-corrected chi connectivity index (χ0v) is 18.5. The fourth-order valence-corrected chi connectivity index (χ4v) is 4.08. The fourth-order valence-electron chi connectivity index (χ4n) is 3.62. The largest absolute Gasteiger partial charge is 0.493 e. The summed E-state index contributed by atoms with van der Waals surface area (Å²) in [5.41, 5.74) is 0.968. The lowest BCUT2D eigenvalue weighted by molar-refractivity contribution is -0.123. The van der Waals surface area contributed by atoms with Gasteiger partial charge in [0.15, 0.2) is 23.6 Å². The average molecular weight is 455 g/mol. The minimum atomic E-state index is -0.997. The lowest BCUT2D eigenvalue weighted by Gasteiger charge is -2.20. The molecule has 2 aliphatic rings. The summed E-state index contributed by atoms with van der Waals surface area (Å²) >= 11 is 1.56. The van der Waals surface area contributed by atoms with Crippen LogP contribution in [0.3, 0.4) is 0 Å². The van der Waals surface area contributed by atoms with E-state index in [-0.39, 0.29) is 12.5 Å². The van der Waals surface area contributed by atoms with Crippen LogP contribution in [0.25, 0.3) is 0 Å². The number of thioether (sulfide) groups is 1. The van der Waals surface area contributed by atoms with Gasteiger partial charge in [-0.1, -0.05) is 11.3 Å². The number of hydrogen-bond acceptors (Lipinski definition) is 9. The molecule has 0 unspecified atom stereocenters. The molecule has 0 saturated carbocycles. The molecule has 1 saturated heterocycles. The first-order valence-corrected chi connectivity index (χ1v) is 10.9. The number of hydrogen-bond donors (Lipinski definition) is 1. The van der Waals surface area contributed by atoms with Crippen molar-refractivity contribution in [2.45, 2.75) is 17.0 Å². The Morgan fingerprint density at radius 2 is 1.88 bits per heavy atom. The van der Waals surface area contributed by atoms with Gasteiger partial charge >= 0.3 is 0 Å². The van der Waals surface area contributed by atoms with E-state index in [1.54, 1.807) is 36.0 Å². The van der Waals surface area contributed by atoms with E-state index < -0.39 is 23.9 Å². The second kappa shape index (κ2) is 8.87. The van der Waals surface area contributed by atoms with Gasteiger partial charge in [0.2, 0.25) is 5.91 Å². The first-order valence-electron chi connectivity index (χ1n) is 9.68. The monoisotopic (exact) mass is 455 g/mol. The third-order valence-corrected chi connectivity index (χ3v) is 5.87. The molecular formula is C21H21N5O5S. The summed E-state index contributed by atoms with van der Waals surface area (Å²) in [7, 11) is 2.96. The SMILES string of the molecule is COc1ccc(N2C(=O)[C@@H]3N=NN(CC(=O)Nc4cccc(SC)c4)[C@H]3C2=O)cc1OC. The molecule has 0 aliphatic carbocycles. The summed E-state index contributed by atoms with van der Waals surface area (Å²) in [6.07, 6.45) is 1.94. The van der Waals surface area contributed by atoms with Crippen LogP contribution in [-0.4, -0.2) is 61.8 Å². The van der Waals surface area contributed by atoms with E-state index in [1.165, 1.54) is 19.2 Å². The number of amides is 3. The molecule has 1 N–H and O–H groups in total. The second-order valence-corrected chi connectivity index (χ2v) is 7.90. The molecule has 0 aromatic heterocycles. The van der Waals surface area contributed by atoms with Crippen LogP contribution in [0.2, 0.25) is 0 Å². The maximum absolute atomic E-state index is 13.1. The Morgan fingerprint density at radius 3 is 2.59 bits per heavy atom. The summed E-state index contributed by atoms with van der Waals surface area (Å²) in [4.78, 5) is 40.6. The Kier molecular flexibility index (Phi) is 5.99. The highest BCUT2D eigenvalue weighted by atomic mass is 32.2. The number of carbonyl (C=O) groups excluding carboxylic acids is 3. The van der Waals surface area contributed by atoms with E-state index in [4.69, 9.17) is 9.47 Å². The number of carbonyl (C=O) groups is 3. The van der Waals surface area contributed by atoms with Gasteiger partial charge in [0.05, 0.1) is 19.9 Å². The quantitative estimate of drug-likeness (QED) is 0.504. The summed E-state index contributed by atoms with van der Waals surface area (Å²) in [5, 5.41) is 11.9. The number of rotatable bonds is 7. The van der Waals surface area contributed by atoms with Gasteiger partial charge in [-0.25, -0.2) is 4.90 Å². The van der Waals surface area contributed by atoms with E-state index in [1.807, 2.05) is 24.5 Å². The van der Waals surface area contributed by atoms with Crippen molar-refractivity contribution in [3.63, 3.8) is 0 Å². The molecule has 32 heavy (non-hydrogen) atoms. The number of methoxy groups -OCH3 is 2. The molecule has 2 heterocycles. The molecule has 3 amide bonds. The lowest BCUT2D eigenvalue weighted by Crippen LogP contribution is -2.43. The van der Waals surface area contributed by atoms with Crippen LogP contribution in [0.5, 0.6) is 11.5 Å². The van der Waals surface area contributed by atoms with Crippen molar-refractivity contribution < 1.29 is 23.9 Å². The highest BCUT2D eigenvalue weighted by molar-refractivity contribution is 7.98. The van der Waals surface area contributed by atoms with E-state index in [9.17, 15) is 14.4 Å². The molecule has 2 aromatic carbocycles. The predicted octanol–water partition coefficient (Wildman–Crippen LogP) is 2.36. The Bertz CT molecular complexity index is 1110. The standard InChI is InChI=1S/C21H21N5O5S/c1-30-15-8-7-13(10-16(15)31-2)26-20(28)18-19(21(26)29)25(24-23-18)11-17(27)22-12-5-4-6-14(9-12)32-3/h4-10,18-19H,11H2,1-3H3,(H,22,27)/t18-,19-/m1/s1. The molecule has 2 aliphatic heterocycles. The Balaban J connectivity index is 1.50. The van der Waals surface area contributed by atoms with Crippen LogP contribution < -0.4 is 19.7 Å². The predicted molar refractivity (Wildman–Crippen MR) is 118 cm³/mol. The Morgan fingerprint density at radius 1 is 1.09 bits per heavy atom. The highest BCUT2D eigenvalue weighted by Gasteiger charge is 2.55. The van der Waals surface area contributed by atoms with E-state index in [2.05, 4.69) is 15.7 Å². The van der Waals surface area contributed by atoms with Crippen LogP contribution in [0.1, 0.15) is 0 Å². The second-order valence-electron chi connectivity index (χ2n) is 7.02. The molecule has 166 valence electrons. The number of ether oxygens (including phenoxy) is 2. The average Bonchev–Trinajstić information content (AvgIpc) is 3.32. The number of fused-ring (bicyclic) bond motifs is 1. The van der Waals surface area contributed by atoms with Crippen molar-refractivity contribution in [3.05, 3.63) is 42.5 Å². The van der Waals surface area contributed by atoms with Crippen molar-refractivity contribution >= 4 is 40.9 Å². The number of imide groups is 1. The van der Waals surface area contributed by atoms with E-state index in [0.29, 0.717) is 22.9 Å².